The minimum Gasteiger partial charge on any atom is -0.487 e. The van der Waals surface area contributed by atoms with Crippen molar-refractivity contribution in [3.05, 3.63) is 63.1 Å². The van der Waals surface area contributed by atoms with Gasteiger partial charge in [-0.15, -0.1) is 0 Å². The molecule has 0 fully saturated rings. The lowest BCUT2D eigenvalue weighted by atomic mass is 9.80. The number of nitrogens with two attached hydrogens (primary N) is 1. The predicted molar refractivity (Wildman–Crippen MR) is 110 cm³/mol. The number of halogens is 1. The summed E-state index contributed by atoms with van der Waals surface area (Å²) in [6.07, 6.45) is 0. The van der Waals surface area contributed by atoms with Crippen molar-refractivity contribution in [1.29, 1.82) is 0 Å². The molecule has 2 N–H and O–H groups in total. The van der Waals surface area contributed by atoms with Gasteiger partial charge in [0.1, 0.15) is 12.4 Å². The molecule has 2 nitrogen and oxygen atoms in total. The maximum Gasteiger partial charge on any atom is 0.137 e. The number of benzene rings is 2. The first-order valence-corrected chi connectivity index (χ1v) is 9.57. The highest BCUT2D eigenvalue weighted by molar-refractivity contribution is 9.10. The van der Waals surface area contributed by atoms with Gasteiger partial charge in [-0.25, -0.2) is 0 Å². The van der Waals surface area contributed by atoms with E-state index in [0.29, 0.717) is 13.2 Å². The molecule has 0 unspecified atom stereocenters. The zero-order valence-electron chi connectivity index (χ0n) is 16.2. The third kappa shape index (κ3) is 4.86. The summed E-state index contributed by atoms with van der Waals surface area (Å²) >= 11 is 3.74. The molecule has 136 valence electrons. The molecule has 2 aromatic carbocycles. The van der Waals surface area contributed by atoms with E-state index < -0.39 is 0 Å². The van der Waals surface area contributed by atoms with Crippen molar-refractivity contribution in [2.75, 3.05) is 0 Å². The van der Waals surface area contributed by atoms with Gasteiger partial charge in [0.2, 0.25) is 0 Å². The molecule has 0 heterocycles. The number of rotatable bonds is 4. The SMILES string of the molecule is CC(C)(C)c1cc(Br)c(OCc2ccccc2CN)c(C(C)(C)C)c1. The van der Waals surface area contributed by atoms with Gasteiger partial charge >= 0.3 is 0 Å². The van der Waals surface area contributed by atoms with Gasteiger partial charge in [0.15, 0.2) is 0 Å². The van der Waals surface area contributed by atoms with Crippen molar-refractivity contribution < 1.29 is 4.74 Å². The molecule has 0 aliphatic heterocycles. The Hall–Kier alpha value is -1.32. The highest BCUT2D eigenvalue weighted by Gasteiger charge is 2.25. The van der Waals surface area contributed by atoms with Crippen LogP contribution in [0.5, 0.6) is 5.75 Å². The summed E-state index contributed by atoms with van der Waals surface area (Å²) in [7, 11) is 0. The smallest absolute Gasteiger partial charge is 0.137 e. The lowest BCUT2D eigenvalue weighted by molar-refractivity contribution is 0.294. The average molecular weight is 404 g/mol. The van der Waals surface area contributed by atoms with Gasteiger partial charge in [-0.1, -0.05) is 71.9 Å². The second kappa shape index (κ2) is 7.51. The minimum atomic E-state index is -0.00744. The van der Waals surface area contributed by atoms with Crippen molar-refractivity contribution in [2.24, 2.45) is 5.73 Å². The zero-order chi connectivity index (χ0) is 18.8. The quantitative estimate of drug-likeness (QED) is 0.670. The summed E-state index contributed by atoms with van der Waals surface area (Å²) in [5.74, 6) is 0.923. The van der Waals surface area contributed by atoms with E-state index in [1.165, 1.54) is 11.1 Å². The van der Waals surface area contributed by atoms with Crippen LogP contribution in [0.25, 0.3) is 0 Å². The summed E-state index contributed by atoms with van der Waals surface area (Å²) in [5, 5.41) is 0. The van der Waals surface area contributed by atoms with Crippen LogP contribution in [0.4, 0.5) is 0 Å². The van der Waals surface area contributed by atoms with Crippen LogP contribution < -0.4 is 10.5 Å². The molecule has 25 heavy (non-hydrogen) atoms. The lowest BCUT2D eigenvalue weighted by Gasteiger charge is -2.28. The molecule has 0 aromatic heterocycles. The molecule has 0 aliphatic carbocycles. The highest BCUT2D eigenvalue weighted by atomic mass is 79.9. The molecule has 0 spiro atoms. The first-order chi connectivity index (χ1) is 11.5. The Labute approximate surface area is 160 Å². The van der Waals surface area contributed by atoms with Crippen molar-refractivity contribution in [1.82, 2.24) is 0 Å². The van der Waals surface area contributed by atoms with Crippen LogP contribution in [0.2, 0.25) is 0 Å². The van der Waals surface area contributed by atoms with Gasteiger partial charge in [0.05, 0.1) is 4.47 Å². The zero-order valence-corrected chi connectivity index (χ0v) is 17.8. The Morgan fingerprint density at radius 1 is 0.920 bits per heavy atom. The fraction of sp³-hybridized carbons (Fsp3) is 0.455. The fourth-order valence-corrected chi connectivity index (χ4v) is 3.35. The van der Waals surface area contributed by atoms with Crippen LogP contribution in [0.15, 0.2) is 40.9 Å². The standard InChI is InChI=1S/C22H30BrNO/c1-21(2,3)17-11-18(22(4,5)6)20(19(23)12-17)25-14-16-10-8-7-9-15(16)13-24/h7-12H,13-14,24H2,1-6H3. The van der Waals surface area contributed by atoms with Gasteiger partial charge in [-0.2, -0.15) is 0 Å². The molecule has 0 saturated heterocycles. The number of hydrogen-bond acceptors (Lipinski definition) is 2. The van der Waals surface area contributed by atoms with Crippen LogP contribution in [0.3, 0.4) is 0 Å². The van der Waals surface area contributed by atoms with Crippen LogP contribution >= 0.6 is 15.9 Å². The van der Waals surface area contributed by atoms with E-state index in [0.717, 1.165) is 21.3 Å². The first kappa shape index (κ1) is 20.0. The van der Waals surface area contributed by atoms with E-state index >= 15 is 0 Å². The molecule has 3 heteroatoms. The molecular formula is C22H30BrNO. The van der Waals surface area contributed by atoms with Crippen LogP contribution in [-0.2, 0) is 24.0 Å². The van der Waals surface area contributed by atoms with E-state index in [1.807, 2.05) is 12.1 Å². The number of hydrogen-bond donors (Lipinski definition) is 1. The Morgan fingerprint density at radius 3 is 2.04 bits per heavy atom. The van der Waals surface area contributed by atoms with Crippen LogP contribution in [0, 0.1) is 0 Å². The largest absolute Gasteiger partial charge is 0.487 e. The van der Waals surface area contributed by atoms with Crippen molar-refractivity contribution in [3.63, 3.8) is 0 Å². The Kier molecular flexibility index (Phi) is 6.01. The molecule has 0 radical (unpaired) electrons. The normalized spacial score (nSPS) is 12.3. The monoisotopic (exact) mass is 403 g/mol. The molecule has 2 rings (SSSR count). The summed E-state index contributed by atoms with van der Waals surface area (Å²) in [5.41, 5.74) is 10.7. The van der Waals surface area contributed by atoms with Crippen molar-refractivity contribution in [3.8, 4) is 5.75 Å². The summed E-state index contributed by atoms with van der Waals surface area (Å²) in [6, 6.07) is 12.6. The third-order valence-corrected chi connectivity index (χ3v) is 5.02. The first-order valence-electron chi connectivity index (χ1n) is 8.78. The maximum atomic E-state index is 6.29. The van der Waals surface area contributed by atoms with E-state index in [4.69, 9.17) is 10.5 Å². The average Bonchev–Trinajstić information content (AvgIpc) is 2.51. The van der Waals surface area contributed by atoms with Crippen molar-refractivity contribution >= 4 is 15.9 Å². The molecule has 0 bridgehead atoms. The molecule has 0 saturated carbocycles. The minimum absolute atomic E-state index is 0.00744. The highest BCUT2D eigenvalue weighted by Crippen LogP contribution is 2.41. The van der Waals surface area contributed by atoms with E-state index in [9.17, 15) is 0 Å². The summed E-state index contributed by atoms with van der Waals surface area (Å²) in [4.78, 5) is 0. The van der Waals surface area contributed by atoms with Gasteiger partial charge in [-0.05, 0) is 49.5 Å². The van der Waals surface area contributed by atoms with Crippen molar-refractivity contribution in [2.45, 2.75) is 65.5 Å². The van der Waals surface area contributed by atoms with Gasteiger partial charge < -0.3 is 10.5 Å². The topological polar surface area (TPSA) is 35.2 Å². The fourth-order valence-electron chi connectivity index (χ4n) is 2.78. The second-order valence-electron chi connectivity index (χ2n) is 8.60. The molecular weight excluding hydrogens is 374 g/mol. The van der Waals surface area contributed by atoms with Crippen LogP contribution in [0.1, 0.15) is 63.8 Å². The summed E-state index contributed by atoms with van der Waals surface area (Å²) < 4.78 is 7.30. The van der Waals surface area contributed by atoms with Gasteiger partial charge in [-0.3, -0.25) is 0 Å². The molecule has 2 aromatic rings. The van der Waals surface area contributed by atoms with E-state index in [1.54, 1.807) is 0 Å². The molecule has 0 atom stereocenters. The Balaban J connectivity index is 2.43. The Morgan fingerprint density at radius 2 is 1.52 bits per heavy atom. The van der Waals surface area contributed by atoms with Gasteiger partial charge in [0.25, 0.3) is 0 Å². The Bertz CT molecular complexity index is 739. The summed E-state index contributed by atoms with van der Waals surface area (Å²) in [6.45, 7) is 14.4. The predicted octanol–water partition coefficient (Wildman–Crippen LogP) is 6.08. The third-order valence-electron chi connectivity index (χ3n) is 4.43. The number of ether oxygens (including phenoxy) is 1. The second-order valence-corrected chi connectivity index (χ2v) is 9.45. The maximum absolute atomic E-state index is 6.29. The van der Waals surface area contributed by atoms with E-state index in [-0.39, 0.29) is 10.8 Å². The molecule has 0 aliphatic rings. The van der Waals surface area contributed by atoms with E-state index in [2.05, 4.69) is 81.7 Å². The lowest BCUT2D eigenvalue weighted by Crippen LogP contribution is -2.18. The van der Waals surface area contributed by atoms with Crippen LogP contribution in [-0.4, -0.2) is 0 Å². The van der Waals surface area contributed by atoms with Gasteiger partial charge in [0, 0.05) is 12.1 Å². The molecule has 0 amide bonds.